The maximum Gasteiger partial charge on any atom is 0.354 e. The summed E-state index contributed by atoms with van der Waals surface area (Å²) in [5.74, 6) is -1.62. The van der Waals surface area contributed by atoms with Gasteiger partial charge in [-0.2, -0.15) is 8.42 Å². The minimum Gasteiger partial charge on any atom is -0.477 e. The summed E-state index contributed by atoms with van der Waals surface area (Å²) in [6, 6.07) is 7.79. The maximum atomic E-state index is 12.3. The van der Waals surface area contributed by atoms with Crippen LogP contribution in [0.25, 0.3) is 11.1 Å². The standard InChI is InChI=1S/C17H20N4O5S.ClH/c18-27(25,26)21-10-7-14(15(21)17(23)24)11-1-3-12(4-2-11)16(22)20-13-5-8-19-9-6-13;/h1-4,7,10,13,19H,5-6,8-9H2,(H,20,22)(H,23,24)(H2,18,25,26);1H. The van der Waals surface area contributed by atoms with Gasteiger partial charge in [0, 0.05) is 23.4 Å². The van der Waals surface area contributed by atoms with Crippen molar-refractivity contribution in [3.8, 4) is 11.1 Å². The van der Waals surface area contributed by atoms with Gasteiger partial charge in [-0.3, -0.25) is 4.79 Å². The van der Waals surface area contributed by atoms with Crippen molar-refractivity contribution in [3.05, 3.63) is 47.8 Å². The third-order valence-electron chi connectivity index (χ3n) is 4.46. The molecule has 1 aliphatic rings. The van der Waals surface area contributed by atoms with E-state index >= 15 is 0 Å². The van der Waals surface area contributed by atoms with E-state index in [-0.39, 0.29) is 29.9 Å². The quantitative estimate of drug-likeness (QED) is 0.554. The van der Waals surface area contributed by atoms with Crippen LogP contribution in [0.5, 0.6) is 0 Å². The number of carboxylic acids is 1. The van der Waals surface area contributed by atoms with Crippen molar-refractivity contribution in [2.45, 2.75) is 18.9 Å². The minimum absolute atomic E-state index is 0. The zero-order chi connectivity index (χ0) is 19.6. The molecule has 152 valence electrons. The van der Waals surface area contributed by atoms with E-state index in [0.29, 0.717) is 15.1 Å². The summed E-state index contributed by atoms with van der Waals surface area (Å²) >= 11 is 0. The van der Waals surface area contributed by atoms with Crippen LogP contribution < -0.4 is 15.8 Å². The fourth-order valence-corrected chi connectivity index (χ4v) is 3.77. The van der Waals surface area contributed by atoms with E-state index in [1.54, 1.807) is 24.3 Å². The number of aromatic carboxylic acids is 1. The SMILES string of the molecule is Cl.NS(=O)(=O)n1ccc(-c2ccc(C(=O)NC3CCNCC3)cc2)c1C(=O)O. The highest BCUT2D eigenvalue weighted by atomic mass is 35.5. The molecule has 11 heteroatoms. The fraction of sp³-hybridized carbons (Fsp3) is 0.294. The van der Waals surface area contributed by atoms with Crippen LogP contribution in [-0.4, -0.2) is 48.5 Å². The van der Waals surface area contributed by atoms with Crippen molar-refractivity contribution in [3.63, 3.8) is 0 Å². The average Bonchev–Trinajstić information content (AvgIpc) is 3.08. The predicted molar refractivity (Wildman–Crippen MR) is 106 cm³/mol. The highest BCUT2D eigenvalue weighted by Gasteiger charge is 2.23. The number of aromatic nitrogens is 1. The molecule has 0 saturated carbocycles. The van der Waals surface area contributed by atoms with Crippen molar-refractivity contribution < 1.29 is 23.1 Å². The number of nitrogens with two attached hydrogens (primary N) is 1. The van der Waals surface area contributed by atoms with Crippen LogP contribution in [0.4, 0.5) is 0 Å². The van der Waals surface area contributed by atoms with Gasteiger partial charge in [-0.05, 0) is 49.7 Å². The van der Waals surface area contributed by atoms with Crippen molar-refractivity contribution >= 4 is 34.5 Å². The lowest BCUT2D eigenvalue weighted by atomic mass is 10.0. The first-order valence-electron chi connectivity index (χ1n) is 8.37. The molecule has 0 radical (unpaired) electrons. The second-order valence-electron chi connectivity index (χ2n) is 6.30. The monoisotopic (exact) mass is 428 g/mol. The molecule has 5 N–H and O–H groups in total. The number of hydrogen-bond acceptors (Lipinski definition) is 5. The summed E-state index contributed by atoms with van der Waals surface area (Å²) in [6.45, 7) is 1.73. The van der Waals surface area contributed by atoms with E-state index in [2.05, 4.69) is 10.6 Å². The number of halogens is 1. The first-order chi connectivity index (χ1) is 12.8. The van der Waals surface area contributed by atoms with Crippen LogP contribution in [-0.2, 0) is 10.2 Å². The number of carboxylic acid groups (broad SMARTS) is 1. The molecule has 2 heterocycles. The third kappa shape index (κ3) is 4.71. The van der Waals surface area contributed by atoms with Gasteiger partial charge in [0.25, 0.3) is 5.91 Å². The zero-order valence-corrected chi connectivity index (χ0v) is 16.4. The number of carbonyl (C=O) groups is 2. The Morgan fingerprint density at radius 1 is 1.14 bits per heavy atom. The van der Waals surface area contributed by atoms with Gasteiger partial charge < -0.3 is 15.7 Å². The van der Waals surface area contributed by atoms with Crippen LogP contribution in [0.1, 0.15) is 33.7 Å². The summed E-state index contributed by atoms with van der Waals surface area (Å²) in [4.78, 5) is 23.9. The number of rotatable bonds is 5. The van der Waals surface area contributed by atoms with E-state index in [1.165, 1.54) is 6.07 Å². The van der Waals surface area contributed by atoms with Crippen LogP contribution >= 0.6 is 12.4 Å². The molecule has 0 spiro atoms. The Morgan fingerprint density at radius 3 is 2.29 bits per heavy atom. The molecule has 1 aliphatic heterocycles. The van der Waals surface area contributed by atoms with Gasteiger partial charge in [-0.15, -0.1) is 12.4 Å². The van der Waals surface area contributed by atoms with E-state index in [4.69, 9.17) is 5.14 Å². The molecular formula is C17H21ClN4O5S. The molecule has 1 aromatic carbocycles. The second-order valence-corrected chi connectivity index (χ2v) is 7.72. The molecule has 1 fully saturated rings. The van der Waals surface area contributed by atoms with Crippen molar-refractivity contribution in [1.82, 2.24) is 14.6 Å². The maximum absolute atomic E-state index is 12.3. The fourth-order valence-electron chi connectivity index (χ4n) is 3.11. The highest BCUT2D eigenvalue weighted by molar-refractivity contribution is 7.87. The summed E-state index contributed by atoms with van der Waals surface area (Å²) in [7, 11) is -4.24. The predicted octanol–water partition coefficient (Wildman–Crippen LogP) is 0.808. The van der Waals surface area contributed by atoms with Gasteiger partial charge in [0.2, 0.25) is 0 Å². The van der Waals surface area contributed by atoms with Crippen LogP contribution in [0, 0.1) is 0 Å². The topological polar surface area (TPSA) is 144 Å². The lowest BCUT2D eigenvalue weighted by Gasteiger charge is -2.23. The zero-order valence-electron chi connectivity index (χ0n) is 14.8. The third-order valence-corrected chi connectivity index (χ3v) is 5.31. The largest absolute Gasteiger partial charge is 0.477 e. The Balaban J connectivity index is 0.00000280. The molecule has 0 unspecified atom stereocenters. The summed E-state index contributed by atoms with van der Waals surface area (Å²) in [5.41, 5.74) is 0.652. The Kier molecular flexibility index (Phi) is 6.83. The van der Waals surface area contributed by atoms with E-state index in [9.17, 15) is 23.1 Å². The lowest BCUT2D eigenvalue weighted by Crippen LogP contribution is -2.42. The van der Waals surface area contributed by atoms with Gasteiger partial charge >= 0.3 is 16.2 Å². The molecule has 0 bridgehead atoms. The van der Waals surface area contributed by atoms with E-state index < -0.39 is 21.9 Å². The second kappa shape index (κ2) is 8.74. The molecule has 1 aromatic heterocycles. The summed E-state index contributed by atoms with van der Waals surface area (Å²) in [5, 5.41) is 20.6. The molecule has 1 saturated heterocycles. The van der Waals surface area contributed by atoms with Crippen molar-refractivity contribution in [1.29, 1.82) is 0 Å². The molecule has 2 aromatic rings. The Hall–Kier alpha value is -2.40. The van der Waals surface area contributed by atoms with Gasteiger partial charge in [-0.1, -0.05) is 12.1 Å². The molecular weight excluding hydrogens is 408 g/mol. The average molecular weight is 429 g/mol. The number of carbonyl (C=O) groups excluding carboxylic acids is 1. The van der Waals surface area contributed by atoms with Crippen molar-refractivity contribution in [2.24, 2.45) is 5.14 Å². The molecule has 0 aliphatic carbocycles. The van der Waals surface area contributed by atoms with Crippen molar-refractivity contribution in [2.75, 3.05) is 13.1 Å². The van der Waals surface area contributed by atoms with Crippen LogP contribution in [0.3, 0.4) is 0 Å². The van der Waals surface area contributed by atoms with E-state index in [0.717, 1.165) is 32.1 Å². The number of nitrogens with one attached hydrogen (secondary N) is 2. The van der Waals surface area contributed by atoms with Gasteiger partial charge in [0.15, 0.2) is 5.69 Å². The molecule has 1 amide bonds. The smallest absolute Gasteiger partial charge is 0.354 e. The van der Waals surface area contributed by atoms with E-state index in [1.807, 2.05) is 0 Å². The van der Waals surface area contributed by atoms with Gasteiger partial charge in [0.1, 0.15) is 0 Å². The normalized spacial score (nSPS) is 14.9. The molecule has 28 heavy (non-hydrogen) atoms. The Bertz CT molecular complexity index is 966. The summed E-state index contributed by atoms with van der Waals surface area (Å²) in [6.07, 6.45) is 2.82. The first kappa shape index (κ1) is 21.9. The first-order valence-corrected chi connectivity index (χ1v) is 9.87. The molecule has 9 nitrogen and oxygen atoms in total. The minimum atomic E-state index is -4.24. The van der Waals surface area contributed by atoms with Gasteiger partial charge in [0.05, 0.1) is 0 Å². The lowest BCUT2D eigenvalue weighted by molar-refractivity contribution is 0.0689. The number of piperidine rings is 1. The Morgan fingerprint density at radius 2 is 1.75 bits per heavy atom. The number of amides is 1. The summed E-state index contributed by atoms with van der Waals surface area (Å²) < 4.78 is 23.6. The number of hydrogen-bond donors (Lipinski definition) is 4. The highest BCUT2D eigenvalue weighted by Crippen LogP contribution is 2.26. The van der Waals surface area contributed by atoms with Crippen LogP contribution in [0.2, 0.25) is 0 Å². The van der Waals surface area contributed by atoms with Gasteiger partial charge in [-0.25, -0.2) is 13.9 Å². The number of benzene rings is 1. The molecule has 0 atom stereocenters. The Labute approximate surface area is 168 Å². The van der Waals surface area contributed by atoms with Crippen LogP contribution in [0.15, 0.2) is 36.5 Å². The molecule has 3 rings (SSSR count). The number of nitrogens with zero attached hydrogens (tertiary/aromatic N) is 1.